The summed E-state index contributed by atoms with van der Waals surface area (Å²) in [6.07, 6.45) is 0. The molecule has 0 unspecified atom stereocenters. The van der Waals surface area contributed by atoms with E-state index in [0.717, 1.165) is 25.2 Å². The largest absolute Gasteiger partial charge is 0.339 e. The third-order valence-corrected chi connectivity index (χ3v) is 7.22. The average molecular weight is 434 g/mol. The first-order valence-electron chi connectivity index (χ1n) is 10.1. The third-order valence-electron chi connectivity index (χ3n) is 5.41. The number of piperazine rings is 1. The van der Waals surface area contributed by atoms with Crippen molar-refractivity contribution in [2.75, 3.05) is 39.3 Å². The van der Waals surface area contributed by atoms with Gasteiger partial charge in [0.15, 0.2) is 0 Å². The molecule has 30 heavy (non-hydrogen) atoms. The molecule has 1 aliphatic rings. The number of amides is 1. The van der Waals surface area contributed by atoms with Crippen LogP contribution in [0.2, 0.25) is 0 Å². The van der Waals surface area contributed by atoms with Gasteiger partial charge in [0.2, 0.25) is 15.9 Å². The molecule has 0 spiro atoms. The Kier molecular flexibility index (Phi) is 7.23. The first kappa shape index (κ1) is 22.4. The Hall–Kier alpha value is -2.29. The molecule has 162 valence electrons. The second-order valence-electron chi connectivity index (χ2n) is 7.53. The summed E-state index contributed by atoms with van der Waals surface area (Å²) in [6.45, 7) is 7.37. The maximum atomic E-state index is 13.3. The minimum atomic E-state index is -3.89. The van der Waals surface area contributed by atoms with Crippen molar-refractivity contribution in [2.24, 2.45) is 0 Å². The fourth-order valence-corrected chi connectivity index (χ4v) is 4.82. The van der Waals surface area contributed by atoms with Crippen LogP contribution in [0.4, 0.5) is 4.39 Å². The third kappa shape index (κ3) is 5.44. The lowest BCUT2D eigenvalue weighted by molar-refractivity contribution is -0.133. The first-order valence-corrected chi connectivity index (χ1v) is 11.5. The van der Waals surface area contributed by atoms with Gasteiger partial charge in [0.25, 0.3) is 0 Å². The Labute approximate surface area is 177 Å². The van der Waals surface area contributed by atoms with E-state index in [9.17, 15) is 17.6 Å². The van der Waals surface area contributed by atoms with Gasteiger partial charge in [-0.25, -0.2) is 12.8 Å². The van der Waals surface area contributed by atoms with E-state index in [4.69, 9.17) is 0 Å². The van der Waals surface area contributed by atoms with Crippen LogP contribution in [-0.2, 0) is 21.4 Å². The number of benzene rings is 2. The molecule has 3 rings (SSSR count). The predicted molar refractivity (Wildman–Crippen MR) is 114 cm³/mol. The summed E-state index contributed by atoms with van der Waals surface area (Å²) in [5.41, 5.74) is 1.57. The van der Waals surface area contributed by atoms with Gasteiger partial charge in [-0.3, -0.25) is 4.79 Å². The Bertz CT molecular complexity index is 954. The summed E-state index contributed by atoms with van der Waals surface area (Å²) >= 11 is 0. The molecule has 6 nitrogen and oxygen atoms in total. The minimum absolute atomic E-state index is 0.00282. The topological polar surface area (TPSA) is 60.9 Å². The van der Waals surface area contributed by atoms with Crippen LogP contribution >= 0.6 is 0 Å². The van der Waals surface area contributed by atoms with Crippen molar-refractivity contribution in [2.45, 2.75) is 25.3 Å². The summed E-state index contributed by atoms with van der Waals surface area (Å²) in [5.74, 6) is -0.611. The molecule has 0 bridgehead atoms. The second kappa shape index (κ2) is 9.68. The van der Waals surface area contributed by atoms with E-state index in [-0.39, 0.29) is 23.9 Å². The van der Waals surface area contributed by atoms with Crippen LogP contribution in [0.25, 0.3) is 0 Å². The smallest absolute Gasteiger partial charge is 0.243 e. The molecular formula is C22H28FN3O3S. The summed E-state index contributed by atoms with van der Waals surface area (Å²) in [7, 11) is -3.89. The molecule has 0 N–H and O–H groups in total. The predicted octanol–water partition coefficient (Wildman–Crippen LogP) is 2.49. The van der Waals surface area contributed by atoms with E-state index in [2.05, 4.69) is 11.8 Å². The van der Waals surface area contributed by atoms with Crippen LogP contribution in [0, 0.1) is 12.7 Å². The minimum Gasteiger partial charge on any atom is -0.339 e. The fourth-order valence-electron chi connectivity index (χ4n) is 3.44. The molecule has 0 aromatic heterocycles. The van der Waals surface area contributed by atoms with Crippen LogP contribution in [-0.4, -0.2) is 67.7 Å². The molecule has 1 amide bonds. The summed E-state index contributed by atoms with van der Waals surface area (Å²) in [5, 5.41) is 0. The molecule has 0 radical (unpaired) electrons. The van der Waals surface area contributed by atoms with Gasteiger partial charge < -0.3 is 9.80 Å². The molecule has 0 aliphatic carbocycles. The Morgan fingerprint density at radius 3 is 2.17 bits per heavy atom. The number of carbonyl (C=O) groups is 1. The molecule has 2 aromatic carbocycles. The molecule has 1 heterocycles. The lowest BCUT2D eigenvalue weighted by Gasteiger charge is -2.35. The molecular weight excluding hydrogens is 405 g/mol. The fraction of sp³-hybridized carbons (Fsp3) is 0.409. The van der Waals surface area contributed by atoms with Crippen LogP contribution in [0.15, 0.2) is 53.4 Å². The van der Waals surface area contributed by atoms with Gasteiger partial charge in [0, 0.05) is 32.7 Å². The number of sulfonamides is 1. The number of nitrogens with zero attached hydrogens (tertiary/aromatic N) is 3. The maximum absolute atomic E-state index is 13.3. The van der Waals surface area contributed by atoms with Crippen molar-refractivity contribution in [1.29, 1.82) is 0 Å². The van der Waals surface area contributed by atoms with Crippen molar-refractivity contribution >= 4 is 15.9 Å². The van der Waals surface area contributed by atoms with Crippen LogP contribution in [0.3, 0.4) is 0 Å². The molecule has 1 saturated heterocycles. The van der Waals surface area contributed by atoms with Gasteiger partial charge in [-0.2, -0.15) is 4.31 Å². The number of carbonyl (C=O) groups excluding carboxylic acids is 1. The van der Waals surface area contributed by atoms with E-state index >= 15 is 0 Å². The normalized spacial score (nSPS) is 15.5. The Morgan fingerprint density at radius 1 is 1.00 bits per heavy atom. The Balaban J connectivity index is 1.82. The lowest BCUT2D eigenvalue weighted by Crippen LogP contribution is -2.51. The molecule has 0 atom stereocenters. The standard InChI is InChI=1S/C22H28FN3O3S/c1-3-24-12-14-25(15-13-24)22(27)17-26(16-19-6-8-20(23)9-7-19)30(28,29)21-10-4-18(2)5-11-21/h4-11H,3,12-17H2,1-2H3. The average Bonchev–Trinajstić information content (AvgIpc) is 2.75. The SMILES string of the molecule is CCN1CCN(C(=O)CN(Cc2ccc(F)cc2)S(=O)(=O)c2ccc(C)cc2)CC1. The zero-order valence-corrected chi connectivity index (χ0v) is 18.2. The monoisotopic (exact) mass is 433 g/mol. The number of halogens is 1. The van der Waals surface area contributed by atoms with E-state index in [1.807, 2.05) is 6.92 Å². The zero-order chi connectivity index (χ0) is 21.7. The van der Waals surface area contributed by atoms with E-state index in [1.54, 1.807) is 29.2 Å². The number of rotatable bonds is 7. The molecule has 8 heteroatoms. The van der Waals surface area contributed by atoms with E-state index in [1.165, 1.54) is 28.6 Å². The highest BCUT2D eigenvalue weighted by Crippen LogP contribution is 2.20. The number of likely N-dealkylation sites (N-methyl/N-ethyl adjacent to an activating group) is 1. The summed E-state index contributed by atoms with van der Waals surface area (Å²) in [6, 6.07) is 12.2. The van der Waals surface area contributed by atoms with Gasteiger partial charge in [-0.1, -0.05) is 36.8 Å². The van der Waals surface area contributed by atoms with Gasteiger partial charge in [0.1, 0.15) is 5.82 Å². The first-order chi connectivity index (χ1) is 14.3. The Morgan fingerprint density at radius 2 is 1.60 bits per heavy atom. The van der Waals surface area contributed by atoms with Crippen molar-refractivity contribution in [3.8, 4) is 0 Å². The molecule has 0 saturated carbocycles. The molecule has 1 fully saturated rings. The lowest BCUT2D eigenvalue weighted by atomic mass is 10.2. The highest BCUT2D eigenvalue weighted by Gasteiger charge is 2.29. The van der Waals surface area contributed by atoms with Crippen molar-refractivity contribution in [3.05, 3.63) is 65.5 Å². The van der Waals surface area contributed by atoms with Crippen LogP contribution in [0.5, 0.6) is 0 Å². The van der Waals surface area contributed by atoms with Crippen LogP contribution in [0.1, 0.15) is 18.1 Å². The molecule has 2 aromatic rings. The quantitative estimate of drug-likeness (QED) is 0.673. The zero-order valence-electron chi connectivity index (χ0n) is 17.4. The highest BCUT2D eigenvalue weighted by molar-refractivity contribution is 7.89. The van der Waals surface area contributed by atoms with Crippen molar-refractivity contribution in [3.63, 3.8) is 0 Å². The number of aryl methyl sites for hydroxylation is 1. The van der Waals surface area contributed by atoms with Gasteiger partial charge in [-0.05, 0) is 43.3 Å². The van der Waals surface area contributed by atoms with Crippen molar-refractivity contribution < 1.29 is 17.6 Å². The number of hydrogen-bond acceptors (Lipinski definition) is 4. The van der Waals surface area contributed by atoms with Gasteiger partial charge in [-0.15, -0.1) is 0 Å². The van der Waals surface area contributed by atoms with E-state index in [0.29, 0.717) is 18.7 Å². The van der Waals surface area contributed by atoms with Crippen LogP contribution < -0.4 is 0 Å². The number of hydrogen-bond donors (Lipinski definition) is 0. The van der Waals surface area contributed by atoms with Gasteiger partial charge in [0.05, 0.1) is 11.4 Å². The summed E-state index contributed by atoms with van der Waals surface area (Å²) in [4.78, 5) is 17.0. The maximum Gasteiger partial charge on any atom is 0.243 e. The molecule has 1 aliphatic heterocycles. The summed E-state index contributed by atoms with van der Waals surface area (Å²) < 4.78 is 41.1. The van der Waals surface area contributed by atoms with Crippen molar-refractivity contribution in [1.82, 2.24) is 14.1 Å². The van der Waals surface area contributed by atoms with Gasteiger partial charge >= 0.3 is 0 Å². The highest BCUT2D eigenvalue weighted by atomic mass is 32.2. The second-order valence-corrected chi connectivity index (χ2v) is 9.47. The van der Waals surface area contributed by atoms with E-state index < -0.39 is 15.8 Å².